The van der Waals surface area contributed by atoms with Crippen molar-refractivity contribution < 1.29 is 86.6 Å². The highest BCUT2D eigenvalue weighted by atomic mass is 16.6. The Labute approximate surface area is 413 Å². The standard InChI is InChI=1S/C49H83N3O18/c1-31(2)43(49(63)64)52-42(60)29-24-27-40(66-33(4)54)45(68-35(6)56)47(70-37(8)58)46(69-36(7)57)44(67-34(5)55)39(65-32(3)53)26-20-18-16-14-12-10-9-11-13-15-17-19-21-28-41(59)51-38(48(61)62)25-22-23-30-50/h31,38-40,43-47H,9-30,50H2,1-8H3,(H,51,59)(H,52,60)(H,61,62)(H,63,64)/t38-,39-,40+,43+,44+,45+,46+,47+/m1/s1. The molecular weight excluding hydrogens is 919 g/mol. The largest absolute Gasteiger partial charge is 0.480 e. The third-order valence-electron chi connectivity index (χ3n) is 11.2. The average molecular weight is 1000 g/mol. The normalized spacial score (nSPS) is 14.5. The lowest BCUT2D eigenvalue weighted by atomic mass is 9.91. The van der Waals surface area contributed by atoms with E-state index in [1.807, 2.05) is 0 Å². The lowest BCUT2D eigenvalue weighted by Gasteiger charge is -2.40. The molecule has 0 radical (unpaired) electrons. The second kappa shape index (κ2) is 37.5. The molecule has 0 bridgehead atoms. The molecule has 6 N–H and O–H groups in total. The van der Waals surface area contributed by atoms with Crippen LogP contribution in [0.5, 0.6) is 0 Å². The minimum Gasteiger partial charge on any atom is -0.480 e. The first-order chi connectivity index (χ1) is 33.0. The average Bonchev–Trinajstić information content (AvgIpc) is 3.24. The third kappa shape index (κ3) is 31.0. The molecule has 0 aromatic heterocycles. The van der Waals surface area contributed by atoms with Crippen molar-refractivity contribution in [1.29, 1.82) is 0 Å². The smallest absolute Gasteiger partial charge is 0.326 e. The van der Waals surface area contributed by atoms with E-state index in [-0.39, 0.29) is 31.6 Å². The van der Waals surface area contributed by atoms with E-state index in [2.05, 4.69) is 10.6 Å². The van der Waals surface area contributed by atoms with Gasteiger partial charge in [0.25, 0.3) is 0 Å². The van der Waals surface area contributed by atoms with Crippen LogP contribution in [0.1, 0.15) is 190 Å². The van der Waals surface area contributed by atoms with Crippen molar-refractivity contribution in [3.8, 4) is 0 Å². The maximum atomic E-state index is 12.8. The van der Waals surface area contributed by atoms with Crippen LogP contribution in [0.2, 0.25) is 0 Å². The molecule has 0 unspecified atom stereocenters. The monoisotopic (exact) mass is 1000 g/mol. The molecule has 0 fully saturated rings. The van der Waals surface area contributed by atoms with Crippen molar-refractivity contribution in [3.63, 3.8) is 0 Å². The molecule has 70 heavy (non-hydrogen) atoms. The topological polar surface area (TPSA) is 317 Å². The fourth-order valence-electron chi connectivity index (χ4n) is 7.94. The van der Waals surface area contributed by atoms with Gasteiger partial charge in [0.15, 0.2) is 24.4 Å². The summed E-state index contributed by atoms with van der Waals surface area (Å²) in [5.74, 6) is -9.01. The summed E-state index contributed by atoms with van der Waals surface area (Å²) in [6.45, 7) is 10.0. The van der Waals surface area contributed by atoms with Gasteiger partial charge in [-0.25, -0.2) is 9.59 Å². The number of unbranched alkanes of at least 4 members (excludes halogenated alkanes) is 13. The highest BCUT2D eigenvalue weighted by Gasteiger charge is 2.50. The van der Waals surface area contributed by atoms with E-state index in [9.17, 15) is 58.2 Å². The number of carbonyl (C=O) groups is 10. The van der Waals surface area contributed by atoms with Crippen LogP contribution < -0.4 is 16.4 Å². The minimum atomic E-state index is -1.85. The quantitative estimate of drug-likeness (QED) is 0.0286. The number of ether oxygens (including phenoxy) is 6. The Morgan fingerprint density at radius 3 is 1.09 bits per heavy atom. The van der Waals surface area contributed by atoms with Gasteiger partial charge in [-0.15, -0.1) is 0 Å². The maximum absolute atomic E-state index is 12.8. The van der Waals surface area contributed by atoms with Gasteiger partial charge in [0.1, 0.15) is 24.3 Å². The Morgan fingerprint density at radius 1 is 0.400 bits per heavy atom. The third-order valence-corrected chi connectivity index (χ3v) is 11.2. The van der Waals surface area contributed by atoms with Gasteiger partial charge >= 0.3 is 47.8 Å². The van der Waals surface area contributed by atoms with Gasteiger partial charge in [0.05, 0.1) is 0 Å². The van der Waals surface area contributed by atoms with Crippen LogP contribution in [0.4, 0.5) is 0 Å². The van der Waals surface area contributed by atoms with Gasteiger partial charge < -0.3 is 55.0 Å². The molecule has 0 spiro atoms. The van der Waals surface area contributed by atoms with Crippen LogP contribution in [0.25, 0.3) is 0 Å². The summed E-state index contributed by atoms with van der Waals surface area (Å²) in [6, 6.07) is -2.07. The first kappa shape index (κ1) is 64.7. The molecule has 21 nitrogen and oxygen atoms in total. The molecule has 402 valence electrons. The first-order valence-corrected chi connectivity index (χ1v) is 24.8. The Balaban J connectivity index is 5.77. The first-order valence-electron chi connectivity index (χ1n) is 24.8. The van der Waals surface area contributed by atoms with E-state index in [0.29, 0.717) is 51.5 Å². The predicted octanol–water partition coefficient (Wildman–Crippen LogP) is 5.52. The van der Waals surface area contributed by atoms with Gasteiger partial charge in [-0.3, -0.25) is 38.4 Å². The van der Waals surface area contributed by atoms with E-state index in [1.165, 1.54) is 0 Å². The molecular formula is C49H83N3O18. The molecule has 2 amide bonds. The number of carboxylic acids is 2. The summed E-state index contributed by atoms with van der Waals surface area (Å²) in [5, 5.41) is 23.9. The van der Waals surface area contributed by atoms with Gasteiger partial charge in [-0.05, 0) is 63.8 Å². The zero-order chi connectivity index (χ0) is 53.2. The molecule has 0 aliphatic rings. The van der Waals surface area contributed by atoms with E-state index in [4.69, 9.17) is 34.2 Å². The number of nitrogens with one attached hydrogen (secondary N) is 2. The number of esters is 6. The number of carboxylic acid groups (broad SMARTS) is 2. The van der Waals surface area contributed by atoms with Crippen LogP contribution in [0, 0.1) is 5.92 Å². The highest BCUT2D eigenvalue weighted by Crippen LogP contribution is 2.29. The molecule has 0 saturated carbocycles. The van der Waals surface area contributed by atoms with Crippen molar-refractivity contribution in [2.45, 2.75) is 239 Å². The number of carbonyl (C=O) groups excluding carboxylic acids is 8. The van der Waals surface area contributed by atoms with Gasteiger partial charge in [0, 0.05) is 54.4 Å². The van der Waals surface area contributed by atoms with Crippen molar-refractivity contribution in [1.82, 2.24) is 10.6 Å². The number of aliphatic carboxylic acids is 2. The lowest BCUT2D eigenvalue weighted by Crippen LogP contribution is -2.58. The number of amides is 2. The second-order valence-corrected chi connectivity index (χ2v) is 18.0. The molecule has 21 heteroatoms. The number of hydrogen-bond acceptors (Lipinski definition) is 17. The van der Waals surface area contributed by atoms with Crippen molar-refractivity contribution in [3.05, 3.63) is 0 Å². The van der Waals surface area contributed by atoms with Crippen LogP contribution in [-0.4, -0.2) is 125 Å². The predicted molar refractivity (Wildman–Crippen MR) is 253 cm³/mol. The van der Waals surface area contributed by atoms with Crippen LogP contribution in [-0.2, 0) is 76.4 Å². The summed E-state index contributed by atoms with van der Waals surface area (Å²) in [5.41, 5.74) is 5.47. The van der Waals surface area contributed by atoms with Crippen molar-refractivity contribution in [2.75, 3.05) is 6.54 Å². The summed E-state index contributed by atoms with van der Waals surface area (Å²) < 4.78 is 33.9. The molecule has 8 atom stereocenters. The van der Waals surface area contributed by atoms with E-state index >= 15 is 0 Å². The number of rotatable bonds is 40. The highest BCUT2D eigenvalue weighted by molar-refractivity contribution is 5.84. The Morgan fingerprint density at radius 2 is 0.729 bits per heavy atom. The van der Waals surface area contributed by atoms with Crippen LogP contribution in [0.15, 0.2) is 0 Å². The fourth-order valence-corrected chi connectivity index (χ4v) is 7.94. The summed E-state index contributed by atoms with van der Waals surface area (Å²) in [6.07, 6.45) is 3.51. The molecule has 0 aromatic carbocycles. The molecule has 0 saturated heterocycles. The molecule has 0 rings (SSSR count). The zero-order valence-corrected chi connectivity index (χ0v) is 42.8. The van der Waals surface area contributed by atoms with Crippen molar-refractivity contribution in [2.24, 2.45) is 11.7 Å². The Hall–Kier alpha value is -5.34. The maximum Gasteiger partial charge on any atom is 0.326 e. The second-order valence-electron chi connectivity index (χ2n) is 18.0. The van der Waals surface area contributed by atoms with E-state index in [0.717, 1.165) is 106 Å². The van der Waals surface area contributed by atoms with Gasteiger partial charge in [0.2, 0.25) is 11.8 Å². The van der Waals surface area contributed by atoms with Gasteiger partial charge in [-0.1, -0.05) is 84.5 Å². The molecule has 0 heterocycles. The van der Waals surface area contributed by atoms with E-state index < -0.39 is 108 Å². The zero-order valence-electron chi connectivity index (χ0n) is 42.8. The Kier molecular flexibility index (Phi) is 34.6. The molecule has 0 aliphatic carbocycles. The van der Waals surface area contributed by atoms with Crippen LogP contribution in [0.3, 0.4) is 0 Å². The van der Waals surface area contributed by atoms with E-state index in [1.54, 1.807) is 13.8 Å². The fraction of sp³-hybridized carbons (Fsp3) is 0.796. The minimum absolute atomic E-state index is 0.0672. The Bertz CT molecular complexity index is 1640. The SMILES string of the molecule is CC(=O)O[C@H]([C@@H](OC(C)=O)[C@@H](OC(C)=O)[C@@H](CCCCCCCCCCCCCCCC(=O)N[C@H](CCCCN)C(=O)O)OC(C)=O)[C@@H](OC(C)=O)[C@H](CCCC(=O)N[C@H](C(=O)O)C(C)C)OC(C)=O. The molecule has 0 aliphatic heterocycles. The van der Waals surface area contributed by atoms with Crippen LogP contribution >= 0.6 is 0 Å². The summed E-state index contributed by atoms with van der Waals surface area (Å²) >= 11 is 0. The lowest BCUT2D eigenvalue weighted by molar-refractivity contribution is -0.219. The van der Waals surface area contributed by atoms with Crippen molar-refractivity contribution >= 4 is 59.6 Å². The number of hydrogen-bond donors (Lipinski definition) is 5. The number of nitrogens with two attached hydrogens (primary N) is 1. The molecule has 0 aromatic rings. The van der Waals surface area contributed by atoms with Gasteiger partial charge in [-0.2, -0.15) is 0 Å². The summed E-state index contributed by atoms with van der Waals surface area (Å²) in [7, 11) is 0. The summed E-state index contributed by atoms with van der Waals surface area (Å²) in [4.78, 5) is 124.